The van der Waals surface area contributed by atoms with Gasteiger partial charge in [-0.1, -0.05) is 17.7 Å². The molecular weight excluding hydrogens is 274 g/mol. The first kappa shape index (κ1) is 14.1. The lowest BCUT2D eigenvalue weighted by Crippen LogP contribution is -2.13. The van der Waals surface area contributed by atoms with Gasteiger partial charge in [0.25, 0.3) is 5.91 Å². The molecule has 1 aromatic carbocycles. The molecule has 2 aromatic rings. The summed E-state index contributed by atoms with van der Waals surface area (Å²) in [4.78, 5) is 16.1. The van der Waals surface area contributed by atoms with Gasteiger partial charge in [-0.2, -0.15) is 0 Å². The molecule has 1 amide bonds. The van der Waals surface area contributed by atoms with Gasteiger partial charge in [-0.25, -0.2) is 4.98 Å². The minimum atomic E-state index is -0.261. The quantitative estimate of drug-likeness (QED) is 0.826. The minimum Gasteiger partial charge on any atom is -0.380 e. The molecule has 4 nitrogen and oxygen atoms in total. The number of hydrogen-bond donors (Lipinski definition) is 2. The highest BCUT2D eigenvalue weighted by atomic mass is 35.5. The molecule has 1 heterocycles. The lowest BCUT2D eigenvalue weighted by Gasteiger charge is -2.06. The monoisotopic (exact) mass is 287 g/mol. The zero-order valence-electron chi connectivity index (χ0n) is 10.8. The molecule has 2 N–H and O–H groups in total. The Balaban J connectivity index is 2.01. The van der Waals surface area contributed by atoms with Gasteiger partial charge in [0.05, 0.1) is 11.9 Å². The maximum atomic E-state index is 12.0. The predicted molar refractivity (Wildman–Crippen MR) is 82.3 cm³/mol. The second-order valence-corrected chi connectivity index (χ2v) is 4.50. The SMILES string of the molecule is C=CCNc1ccc(C(=O)Nc2ccc(Cl)cc2)nc1. The van der Waals surface area contributed by atoms with E-state index in [-0.39, 0.29) is 5.91 Å². The summed E-state index contributed by atoms with van der Waals surface area (Å²) in [6.45, 7) is 4.27. The Labute approximate surface area is 122 Å². The third kappa shape index (κ3) is 3.83. The number of anilines is 2. The Bertz CT molecular complexity index is 594. The number of halogens is 1. The summed E-state index contributed by atoms with van der Waals surface area (Å²) in [6, 6.07) is 10.4. The Hall–Kier alpha value is -2.33. The molecule has 0 saturated carbocycles. The average molecular weight is 288 g/mol. The topological polar surface area (TPSA) is 54.0 Å². The van der Waals surface area contributed by atoms with E-state index in [2.05, 4.69) is 22.2 Å². The van der Waals surface area contributed by atoms with E-state index >= 15 is 0 Å². The van der Waals surface area contributed by atoms with Crippen LogP contribution in [0.5, 0.6) is 0 Å². The van der Waals surface area contributed by atoms with Crippen LogP contribution in [0.15, 0.2) is 55.3 Å². The van der Waals surface area contributed by atoms with Gasteiger partial charge in [0.15, 0.2) is 0 Å². The van der Waals surface area contributed by atoms with Crippen molar-refractivity contribution < 1.29 is 4.79 Å². The number of carbonyl (C=O) groups is 1. The molecule has 0 aliphatic carbocycles. The molecule has 1 aromatic heterocycles. The highest BCUT2D eigenvalue weighted by molar-refractivity contribution is 6.30. The van der Waals surface area contributed by atoms with E-state index in [4.69, 9.17) is 11.6 Å². The Morgan fingerprint density at radius 3 is 2.50 bits per heavy atom. The Kier molecular flexibility index (Phi) is 4.74. The Morgan fingerprint density at radius 2 is 1.90 bits per heavy atom. The minimum absolute atomic E-state index is 0.261. The van der Waals surface area contributed by atoms with Crippen LogP contribution < -0.4 is 10.6 Å². The molecule has 0 atom stereocenters. The molecule has 0 saturated heterocycles. The normalized spacial score (nSPS) is 9.85. The smallest absolute Gasteiger partial charge is 0.274 e. The molecule has 0 spiro atoms. The molecule has 20 heavy (non-hydrogen) atoms. The first-order valence-corrected chi connectivity index (χ1v) is 6.44. The van der Waals surface area contributed by atoms with Gasteiger partial charge >= 0.3 is 0 Å². The van der Waals surface area contributed by atoms with Crippen LogP contribution in [0.25, 0.3) is 0 Å². The summed E-state index contributed by atoms with van der Waals surface area (Å²) in [6.07, 6.45) is 3.36. The van der Waals surface area contributed by atoms with E-state index in [1.54, 1.807) is 48.7 Å². The second-order valence-electron chi connectivity index (χ2n) is 4.06. The van der Waals surface area contributed by atoms with Crippen molar-refractivity contribution >= 4 is 28.9 Å². The zero-order chi connectivity index (χ0) is 14.4. The standard InChI is InChI=1S/C15H14ClN3O/c1-2-9-17-13-7-8-14(18-10-13)15(20)19-12-5-3-11(16)4-6-12/h2-8,10,17H,1,9H2,(H,19,20). The molecule has 2 rings (SSSR count). The van der Waals surface area contributed by atoms with E-state index in [9.17, 15) is 4.79 Å². The maximum Gasteiger partial charge on any atom is 0.274 e. The highest BCUT2D eigenvalue weighted by Crippen LogP contribution is 2.14. The van der Waals surface area contributed by atoms with Crippen LogP contribution in [0.4, 0.5) is 11.4 Å². The number of amides is 1. The van der Waals surface area contributed by atoms with E-state index in [0.717, 1.165) is 5.69 Å². The lowest BCUT2D eigenvalue weighted by molar-refractivity contribution is 0.102. The average Bonchev–Trinajstić information content (AvgIpc) is 2.48. The summed E-state index contributed by atoms with van der Waals surface area (Å²) in [5, 5.41) is 6.46. The van der Waals surface area contributed by atoms with Gasteiger partial charge in [-0.3, -0.25) is 4.79 Å². The van der Waals surface area contributed by atoms with E-state index in [1.165, 1.54) is 0 Å². The molecule has 102 valence electrons. The summed E-state index contributed by atoms with van der Waals surface area (Å²) < 4.78 is 0. The molecule has 0 aliphatic heterocycles. The fraction of sp³-hybridized carbons (Fsp3) is 0.0667. The van der Waals surface area contributed by atoms with Gasteiger partial charge in [0.1, 0.15) is 5.69 Å². The number of nitrogens with one attached hydrogen (secondary N) is 2. The van der Waals surface area contributed by atoms with Crippen molar-refractivity contribution in [2.45, 2.75) is 0 Å². The summed E-state index contributed by atoms with van der Waals surface area (Å²) >= 11 is 5.79. The van der Waals surface area contributed by atoms with Gasteiger partial charge < -0.3 is 10.6 Å². The van der Waals surface area contributed by atoms with Crippen molar-refractivity contribution in [1.82, 2.24) is 4.98 Å². The first-order chi connectivity index (χ1) is 9.69. The highest BCUT2D eigenvalue weighted by Gasteiger charge is 2.07. The van der Waals surface area contributed by atoms with Crippen molar-refractivity contribution in [1.29, 1.82) is 0 Å². The number of nitrogens with zero attached hydrogens (tertiary/aromatic N) is 1. The largest absolute Gasteiger partial charge is 0.380 e. The molecule has 0 aliphatic rings. The molecule has 0 unspecified atom stereocenters. The maximum absolute atomic E-state index is 12.0. The molecule has 5 heteroatoms. The van der Waals surface area contributed by atoms with Crippen molar-refractivity contribution in [2.24, 2.45) is 0 Å². The number of carbonyl (C=O) groups excluding carboxylic acids is 1. The van der Waals surface area contributed by atoms with Crippen molar-refractivity contribution in [3.05, 3.63) is 66.0 Å². The number of rotatable bonds is 5. The Morgan fingerprint density at radius 1 is 1.20 bits per heavy atom. The van der Waals surface area contributed by atoms with Crippen molar-refractivity contribution in [2.75, 3.05) is 17.2 Å². The van der Waals surface area contributed by atoms with E-state index in [1.807, 2.05) is 0 Å². The van der Waals surface area contributed by atoms with E-state index < -0.39 is 0 Å². The number of hydrogen-bond acceptors (Lipinski definition) is 3. The van der Waals surface area contributed by atoms with Crippen molar-refractivity contribution in [3.63, 3.8) is 0 Å². The number of benzene rings is 1. The van der Waals surface area contributed by atoms with Crippen molar-refractivity contribution in [3.8, 4) is 0 Å². The second kappa shape index (κ2) is 6.73. The van der Waals surface area contributed by atoms with Gasteiger partial charge in [-0.05, 0) is 36.4 Å². The zero-order valence-corrected chi connectivity index (χ0v) is 11.5. The fourth-order valence-corrected chi connectivity index (χ4v) is 1.68. The van der Waals surface area contributed by atoms with Crippen LogP contribution in [0.2, 0.25) is 5.02 Å². The van der Waals surface area contributed by atoms with Gasteiger partial charge in [-0.15, -0.1) is 6.58 Å². The van der Waals surface area contributed by atoms with E-state index in [0.29, 0.717) is 22.9 Å². The number of pyridine rings is 1. The molecule has 0 fully saturated rings. The number of aromatic nitrogens is 1. The van der Waals surface area contributed by atoms with Gasteiger partial charge in [0.2, 0.25) is 0 Å². The fourth-order valence-electron chi connectivity index (χ4n) is 1.55. The lowest BCUT2D eigenvalue weighted by atomic mass is 10.3. The van der Waals surface area contributed by atoms with Gasteiger partial charge in [0, 0.05) is 17.3 Å². The van der Waals surface area contributed by atoms with Crippen LogP contribution in [-0.4, -0.2) is 17.4 Å². The van der Waals surface area contributed by atoms with Crippen LogP contribution in [0.3, 0.4) is 0 Å². The molecule has 0 bridgehead atoms. The van der Waals surface area contributed by atoms with Crippen LogP contribution in [0, 0.1) is 0 Å². The third-order valence-corrected chi connectivity index (χ3v) is 2.80. The third-order valence-electron chi connectivity index (χ3n) is 2.55. The first-order valence-electron chi connectivity index (χ1n) is 6.07. The van der Waals surface area contributed by atoms with Crippen LogP contribution in [0.1, 0.15) is 10.5 Å². The molecule has 0 radical (unpaired) electrons. The van der Waals surface area contributed by atoms with Crippen LogP contribution >= 0.6 is 11.6 Å². The summed E-state index contributed by atoms with van der Waals surface area (Å²) in [5.41, 5.74) is 1.87. The van der Waals surface area contributed by atoms with Crippen LogP contribution in [-0.2, 0) is 0 Å². The predicted octanol–water partition coefficient (Wildman–Crippen LogP) is 3.59. The summed E-state index contributed by atoms with van der Waals surface area (Å²) in [7, 11) is 0. The summed E-state index contributed by atoms with van der Waals surface area (Å²) in [5.74, 6) is -0.261. The molecular formula is C15H14ClN3O.